The summed E-state index contributed by atoms with van der Waals surface area (Å²) in [5.74, 6) is -0.275. The van der Waals surface area contributed by atoms with Gasteiger partial charge in [0.2, 0.25) is 0 Å². The Bertz CT molecular complexity index is 749. The molecule has 4 heteroatoms. The van der Waals surface area contributed by atoms with Gasteiger partial charge in [0.15, 0.2) is 0 Å². The van der Waals surface area contributed by atoms with Crippen LogP contribution in [0.4, 0.5) is 4.39 Å². The first-order chi connectivity index (χ1) is 9.20. The summed E-state index contributed by atoms with van der Waals surface area (Å²) in [5.41, 5.74) is 9.21. The lowest BCUT2D eigenvalue weighted by Gasteiger charge is -2.05. The van der Waals surface area contributed by atoms with Crippen LogP contribution in [-0.4, -0.2) is 4.98 Å². The first kappa shape index (κ1) is 12.2. The number of aromatic nitrogens is 1. The van der Waals surface area contributed by atoms with E-state index in [1.54, 1.807) is 6.07 Å². The summed E-state index contributed by atoms with van der Waals surface area (Å²) in [6.45, 7) is 0.344. The Labute approximate surface area is 115 Å². The fraction of sp³-hybridized carbons (Fsp3) is 0.0667. The van der Waals surface area contributed by atoms with Gasteiger partial charge in [-0.1, -0.05) is 29.8 Å². The van der Waals surface area contributed by atoms with Crippen molar-refractivity contribution in [2.75, 3.05) is 0 Å². The highest BCUT2D eigenvalue weighted by Crippen LogP contribution is 2.36. The van der Waals surface area contributed by atoms with E-state index in [0.717, 1.165) is 27.7 Å². The normalized spacial score (nSPS) is 11.1. The minimum absolute atomic E-state index is 0.275. The Kier molecular flexibility index (Phi) is 3.01. The van der Waals surface area contributed by atoms with Crippen LogP contribution in [-0.2, 0) is 6.54 Å². The van der Waals surface area contributed by atoms with Gasteiger partial charge in [0.1, 0.15) is 5.82 Å². The first-order valence-corrected chi connectivity index (χ1v) is 6.33. The Morgan fingerprint density at radius 1 is 1.16 bits per heavy atom. The van der Waals surface area contributed by atoms with E-state index in [9.17, 15) is 4.39 Å². The zero-order chi connectivity index (χ0) is 13.4. The summed E-state index contributed by atoms with van der Waals surface area (Å²) in [5, 5.41) is 1.58. The lowest BCUT2D eigenvalue weighted by atomic mass is 10.0. The number of nitrogens with one attached hydrogen (secondary N) is 1. The zero-order valence-corrected chi connectivity index (χ0v) is 10.8. The van der Waals surface area contributed by atoms with E-state index in [0.29, 0.717) is 11.6 Å². The molecule has 0 radical (unpaired) electrons. The van der Waals surface area contributed by atoms with E-state index in [2.05, 4.69) is 4.98 Å². The molecular weight excluding hydrogens is 263 g/mol. The fourth-order valence-corrected chi connectivity index (χ4v) is 2.58. The topological polar surface area (TPSA) is 41.8 Å². The molecule has 0 fully saturated rings. The highest BCUT2D eigenvalue weighted by Gasteiger charge is 2.14. The maximum atomic E-state index is 13.3. The van der Waals surface area contributed by atoms with Crippen molar-refractivity contribution in [2.45, 2.75) is 6.54 Å². The number of halogens is 2. The van der Waals surface area contributed by atoms with Crippen LogP contribution in [0.1, 0.15) is 5.69 Å². The van der Waals surface area contributed by atoms with Crippen molar-refractivity contribution >= 4 is 22.5 Å². The lowest BCUT2D eigenvalue weighted by molar-refractivity contribution is 0.629. The van der Waals surface area contributed by atoms with Crippen molar-refractivity contribution < 1.29 is 4.39 Å². The molecule has 0 amide bonds. The zero-order valence-electron chi connectivity index (χ0n) is 10.1. The molecule has 0 saturated heterocycles. The monoisotopic (exact) mass is 274 g/mol. The van der Waals surface area contributed by atoms with Gasteiger partial charge in [-0.2, -0.15) is 0 Å². The van der Waals surface area contributed by atoms with Gasteiger partial charge in [-0.25, -0.2) is 4.39 Å². The van der Waals surface area contributed by atoms with E-state index in [1.165, 1.54) is 12.1 Å². The number of H-pyrrole nitrogens is 1. The van der Waals surface area contributed by atoms with E-state index in [4.69, 9.17) is 17.3 Å². The summed E-state index contributed by atoms with van der Waals surface area (Å²) in [4.78, 5) is 3.16. The molecule has 0 spiro atoms. The van der Waals surface area contributed by atoms with Gasteiger partial charge in [0.05, 0.1) is 0 Å². The fourth-order valence-electron chi connectivity index (χ4n) is 2.35. The van der Waals surface area contributed by atoms with Crippen molar-refractivity contribution in [3.8, 4) is 11.1 Å². The maximum absolute atomic E-state index is 13.3. The smallest absolute Gasteiger partial charge is 0.125 e. The molecule has 3 aromatic rings. The number of fused-ring (bicyclic) bond motifs is 1. The van der Waals surface area contributed by atoms with Crippen LogP contribution in [0, 0.1) is 5.82 Å². The molecule has 0 saturated carbocycles. The molecular formula is C15H12ClFN2. The lowest BCUT2D eigenvalue weighted by Crippen LogP contribution is -1.98. The SMILES string of the molecule is NCc1[nH]c2cc(F)ccc2c1-c1ccccc1Cl. The Morgan fingerprint density at radius 3 is 2.68 bits per heavy atom. The van der Waals surface area contributed by atoms with Crippen LogP contribution in [0.3, 0.4) is 0 Å². The number of hydrogen-bond acceptors (Lipinski definition) is 1. The van der Waals surface area contributed by atoms with E-state index < -0.39 is 0 Å². The molecule has 0 unspecified atom stereocenters. The van der Waals surface area contributed by atoms with Gasteiger partial charge < -0.3 is 10.7 Å². The Morgan fingerprint density at radius 2 is 1.95 bits per heavy atom. The van der Waals surface area contributed by atoms with Crippen molar-refractivity contribution in [3.05, 3.63) is 59.0 Å². The maximum Gasteiger partial charge on any atom is 0.125 e. The minimum Gasteiger partial charge on any atom is -0.357 e. The molecule has 0 aliphatic rings. The second-order valence-electron chi connectivity index (χ2n) is 4.35. The number of nitrogens with two attached hydrogens (primary N) is 1. The number of hydrogen-bond donors (Lipinski definition) is 2. The summed E-state index contributed by atoms with van der Waals surface area (Å²) < 4.78 is 13.3. The molecule has 2 aromatic carbocycles. The molecule has 0 aliphatic heterocycles. The third kappa shape index (κ3) is 2.01. The molecule has 1 heterocycles. The van der Waals surface area contributed by atoms with Crippen molar-refractivity contribution in [2.24, 2.45) is 5.73 Å². The van der Waals surface area contributed by atoms with Crippen LogP contribution in [0.25, 0.3) is 22.0 Å². The molecule has 1 aromatic heterocycles. The molecule has 3 N–H and O–H groups in total. The summed E-state index contributed by atoms with van der Waals surface area (Å²) in [7, 11) is 0. The van der Waals surface area contributed by atoms with Gasteiger partial charge in [0.25, 0.3) is 0 Å². The van der Waals surface area contributed by atoms with Crippen LogP contribution < -0.4 is 5.73 Å². The standard InChI is InChI=1S/C15H12ClFN2/c16-12-4-2-1-3-10(12)15-11-6-5-9(17)7-13(11)19-14(15)8-18/h1-7,19H,8,18H2. The second kappa shape index (κ2) is 4.68. The van der Waals surface area contributed by atoms with E-state index in [-0.39, 0.29) is 5.82 Å². The predicted octanol–water partition coefficient (Wildman–Crippen LogP) is 4.09. The van der Waals surface area contributed by atoms with Crippen molar-refractivity contribution in [1.82, 2.24) is 4.98 Å². The van der Waals surface area contributed by atoms with Crippen LogP contribution in [0.5, 0.6) is 0 Å². The average molecular weight is 275 g/mol. The predicted molar refractivity (Wildman–Crippen MR) is 76.6 cm³/mol. The second-order valence-corrected chi connectivity index (χ2v) is 4.76. The van der Waals surface area contributed by atoms with Gasteiger partial charge in [-0.3, -0.25) is 0 Å². The van der Waals surface area contributed by atoms with Crippen molar-refractivity contribution in [1.29, 1.82) is 0 Å². The quantitative estimate of drug-likeness (QED) is 0.726. The number of benzene rings is 2. The van der Waals surface area contributed by atoms with Crippen LogP contribution >= 0.6 is 11.6 Å². The first-order valence-electron chi connectivity index (χ1n) is 5.96. The Hall–Kier alpha value is -1.84. The third-order valence-corrected chi connectivity index (χ3v) is 3.52. The Balaban J connectivity index is 2.36. The summed E-state index contributed by atoms with van der Waals surface area (Å²) >= 11 is 6.25. The van der Waals surface area contributed by atoms with Gasteiger partial charge in [0, 0.05) is 39.3 Å². The highest BCUT2D eigenvalue weighted by atomic mass is 35.5. The van der Waals surface area contributed by atoms with E-state index in [1.807, 2.05) is 24.3 Å². The molecule has 19 heavy (non-hydrogen) atoms. The summed E-state index contributed by atoms with van der Waals surface area (Å²) in [6.07, 6.45) is 0. The molecule has 0 bridgehead atoms. The largest absolute Gasteiger partial charge is 0.357 e. The van der Waals surface area contributed by atoms with Gasteiger partial charge >= 0.3 is 0 Å². The van der Waals surface area contributed by atoms with Crippen molar-refractivity contribution in [3.63, 3.8) is 0 Å². The van der Waals surface area contributed by atoms with Gasteiger partial charge in [-0.05, 0) is 24.3 Å². The number of rotatable bonds is 2. The molecule has 0 atom stereocenters. The molecule has 2 nitrogen and oxygen atoms in total. The third-order valence-electron chi connectivity index (χ3n) is 3.19. The molecule has 96 valence electrons. The number of aromatic amines is 1. The van der Waals surface area contributed by atoms with E-state index >= 15 is 0 Å². The molecule has 3 rings (SSSR count). The van der Waals surface area contributed by atoms with Crippen LogP contribution in [0.15, 0.2) is 42.5 Å². The van der Waals surface area contributed by atoms with Crippen LogP contribution in [0.2, 0.25) is 5.02 Å². The summed E-state index contributed by atoms with van der Waals surface area (Å²) in [6, 6.07) is 12.2. The highest BCUT2D eigenvalue weighted by molar-refractivity contribution is 6.33. The van der Waals surface area contributed by atoms with Gasteiger partial charge in [-0.15, -0.1) is 0 Å². The minimum atomic E-state index is -0.275. The average Bonchev–Trinajstić information content (AvgIpc) is 2.76. The molecule has 0 aliphatic carbocycles.